The first kappa shape index (κ1) is 20.0. The van der Waals surface area contributed by atoms with Crippen LogP contribution in [0.5, 0.6) is 0 Å². The zero-order valence-electron chi connectivity index (χ0n) is 16.4. The van der Waals surface area contributed by atoms with Crippen LogP contribution in [-0.2, 0) is 13.0 Å². The van der Waals surface area contributed by atoms with Crippen molar-refractivity contribution in [3.05, 3.63) is 70.8 Å². The average Bonchev–Trinajstić information content (AvgIpc) is 3.14. The zero-order chi connectivity index (χ0) is 20.4. The van der Waals surface area contributed by atoms with Crippen molar-refractivity contribution in [1.29, 1.82) is 0 Å². The van der Waals surface area contributed by atoms with Gasteiger partial charge in [-0.15, -0.1) is 0 Å². The highest BCUT2D eigenvalue weighted by Gasteiger charge is 2.25. The first-order valence-electron chi connectivity index (χ1n) is 9.76. The molecule has 0 bridgehead atoms. The number of carbonyl (C=O) groups is 1. The third kappa shape index (κ3) is 4.65. The number of aryl methyl sites for hydroxylation is 1. The number of nitrogens with zero attached hydrogens (tertiary/aromatic N) is 3. The molecule has 4 rings (SSSR count). The van der Waals surface area contributed by atoms with Gasteiger partial charge in [0.2, 0.25) is 0 Å². The minimum atomic E-state index is -0.108. The summed E-state index contributed by atoms with van der Waals surface area (Å²) in [5.41, 5.74) is 0.596. The fraction of sp³-hybridized carbons (Fsp3) is 0.318. The van der Waals surface area contributed by atoms with Crippen LogP contribution in [0.4, 0.5) is 0 Å². The summed E-state index contributed by atoms with van der Waals surface area (Å²) >= 11 is 7.76. The van der Waals surface area contributed by atoms with E-state index in [9.17, 15) is 4.79 Å². The van der Waals surface area contributed by atoms with Crippen molar-refractivity contribution < 1.29 is 4.79 Å². The topological polar surface area (TPSA) is 59.8 Å². The first-order chi connectivity index (χ1) is 14.0. The number of aromatic nitrogens is 3. The van der Waals surface area contributed by atoms with Crippen molar-refractivity contribution in [2.24, 2.45) is 0 Å². The van der Waals surface area contributed by atoms with Crippen LogP contribution >= 0.6 is 23.4 Å². The molecule has 0 saturated carbocycles. The van der Waals surface area contributed by atoms with Gasteiger partial charge in [0.25, 0.3) is 5.91 Å². The molecule has 0 radical (unpaired) electrons. The molecule has 1 N–H and O–H groups in total. The van der Waals surface area contributed by atoms with E-state index in [2.05, 4.69) is 29.2 Å². The molecule has 1 aliphatic heterocycles. The van der Waals surface area contributed by atoms with Crippen LogP contribution in [0.1, 0.15) is 48.2 Å². The second-order valence-corrected chi connectivity index (χ2v) is 9.04. The molecule has 2 aromatic carbocycles. The molecule has 0 fully saturated rings. The number of amides is 1. The minimum Gasteiger partial charge on any atom is -0.347 e. The predicted octanol–water partition coefficient (Wildman–Crippen LogP) is 4.95. The summed E-state index contributed by atoms with van der Waals surface area (Å²) in [5.74, 6) is 2.05. The lowest BCUT2D eigenvalue weighted by Crippen LogP contribution is -2.41. The fourth-order valence-corrected chi connectivity index (χ4v) is 4.45. The van der Waals surface area contributed by atoms with E-state index in [0.717, 1.165) is 34.3 Å². The highest BCUT2D eigenvalue weighted by Crippen LogP contribution is 2.32. The third-order valence-corrected chi connectivity index (χ3v) is 6.20. The second kappa shape index (κ2) is 8.59. The van der Waals surface area contributed by atoms with Gasteiger partial charge in [-0.3, -0.25) is 4.79 Å². The van der Waals surface area contributed by atoms with Crippen LogP contribution in [0.25, 0.3) is 0 Å². The normalized spacial score (nSPS) is 15.9. The van der Waals surface area contributed by atoms with Crippen LogP contribution in [0, 0.1) is 0 Å². The zero-order valence-corrected chi connectivity index (χ0v) is 18.0. The second-order valence-electron chi connectivity index (χ2n) is 7.49. The molecule has 3 aromatic rings. The first-order valence-corrected chi connectivity index (χ1v) is 11.0. The molecule has 0 saturated heterocycles. The van der Waals surface area contributed by atoms with E-state index in [-0.39, 0.29) is 11.9 Å². The summed E-state index contributed by atoms with van der Waals surface area (Å²) in [4.78, 5) is 19.7. The lowest BCUT2D eigenvalue weighted by molar-refractivity contribution is 0.0923. The van der Waals surface area contributed by atoms with Gasteiger partial charge in [-0.1, -0.05) is 55.4 Å². The van der Waals surface area contributed by atoms with Gasteiger partial charge in [0.05, 0.1) is 12.1 Å². The average molecular weight is 427 g/mol. The molecule has 1 unspecified atom stereocenters. The minimum absolute atomic E-state index is 0.0188. The van der Waals surface area contributed by atoms with E-state index in [4.69, 9.17) is 11.6 Å². The molecule has 150 valence electrons. The Labute approximate surface area is 179 Å². The van der Waals surface area contributed by atoms with Gasteiger partial charge < -0.3 is 5.32 Å². The van der Waals surface area contributed by atoms with Crippen LogP contribution in [-0.4, -0.2) is 26.7 Å². The lowest BCUT2D eigenvalue weighted by Gasteiger charge is -2.24. The van der Waals surface area contributed by atoms with Gasteiger partial charge in [0.15, 0.2) is 5.82 Å². The fourth-order valence-electron chi connectivity index (χ4n) is 3.34. The van der Waals surface area contributed by atoms with Crippen molar-refractivity contribution in [1.82, 2.24) is 20.1 Å². The Morgan fingerprint density at radius 3 is 2.79 bits per heavy atom. The molecule has 0 spiro atoms. The molecule has 1 atom stereocenters. The lowest BCUT2D eigenvalue weighted by atomic mass is 10.1. The molecule has 0 aliphatic carbocycles. The maximum absolute atomic E-state index is 13.1. The predicted molar refractivity (Wildman–Crippen MR) is 116 cm³/mol. The number of fused-ring (bicyclic) bond motifs is 1. The van der Waals surface area contributed by atoms with E-state index < -0.39 is 0 Å². The molecule has 7 heteroatoms. The molecule has 1 aliphatic rings. The van der Waals surface area contributed by atoms with Gasteiger partial charge in [-0.05, 0) is 36.8 Å². The van der Waals surface area contributed by atoms with Gasteiger partial charge in [0.1, 0.15) is 5.82 Å². The van der Waals surface area contributed by atoms with Crippen LogP contribution in [0.2, 0.25) is 5.02 Å². The Morgan fingerprint density at radius 2 is 2.03 bits per heavy atom. The van der Waals surface area contributed by atoms with Crippen LogP contribution in [0.3, 0.4) is 0 Å². The highest BCUT2D eigenvalue weighted by atomic mass is 35.5. The van der Waals surface area contributed by atoms with Gasteiger partial charge in [-0.2, -0.15) is 5.10 Å². The SMILES string of the molecule is CC(C)c1nc2n(n1)CC(NC(=O)c1cc(Cl)ccc1Sc1ccccc1)CC2. The monoisotopic (exact) mass is 426 g/mol. The number of benzene rings is 2. The number of halogens is 1. The van der Waals surface area contributed by atoms with E-state index >= 15 is 0 Å². The maximum atomic E-state index is 13.1. The Kier molecular flexibility index (Phi) is 5.92. The molecule has 2 heterocycles. The molecule has 1 aromatic heterocycles. The summed E-state index contributed by atoms with van der Waals surface area (Å²) in [6.07, 6.45) is 1.66. The van der Waals surface area contributed by atoms with E-state index in [1.165, 1.54) is 0 Å². The van der Waals surface area contributed by atoms with Gasteiger partial charge in [-0.25, -0.2) is 9.67 Å². The van der Waals surface area contributed by atoms with Crippen molar-refractivity contribution in [3.8, 4) is 0 Å². The number of carbonyl (C=O) groups excluding carboxylic acids is 1. The van der Waals surface area contributed by atoms with Crippen LogP contribution in [0.15, 0.2) is 58.3 Å². The summed E-state index contributed by atoms with van der Waals surface area (Å²) in [6.45, 7) is 4.82. The van der Waals surface area contributed by atoms with Gasteiger partial charge >= 0.3 is 0 Å². The molecule has 1 amide bonds. The Bertz CT molecular complexity index is 1020. The highest BCUT2D eigenvalue weighted by molar-refractivity contribution is 7.99. The number of nitrogens with one attached hydrogen (secondary N) is 1. The van der Waals surface area contributed by atoms with Gasteiger partial charge in [0, 0.05) is 33.2 Å². The molecular formula is C22H23ClN4OS. The summed E-state index contributed by atoms with van der Waals surface area (Å²) in [7, 11) is 0. The number of hydrogen-bond acceptors (Lipinski definition) is 4. The van der Waals surface area contributed by atoms with Crippen molar-refractivity contribution in [3.63, 3.8) is 0 Å². The number of hydrogen-bond donors (Lipinski definition) is 1. The van der Waals surface area contributed by atoms with E-state index in [0.29, 0.717) is 23.0 Å². The van der Waals surface area contributed by atoms with E-state index in [1.807, 2.05) is 47.1 Å². The van der Waals surface area contributed by atoms with Crippen molar-refractivity contribution in [2.45, 2.75) is 55.0 Å². The summed E-state index contributed by atoms with van der Waals surface area (Å²) in [5, 5.41) is 8.32. The Morgan fingerprint density at radius 1 is 1.24 bits per heavy atom. The largest absolute Gasteiger partial charge is 0.347 e. The third-order valence-electron chi connectivity index (χ3n) is 4.88. The van der Waals surface area contributed by atoms with Crippen LogP contribution < -0.4 is 5.32 Å². The number of rotatable bonds is 5. The van der Waals surface area contributed by atoms with E-state index in [1.54, 1.807) is 17.8 Å². The maximum Gasteiger partial charge on any atom is 0.252 e. The standard InChI is InChI=1S/C22H23ClN4OS/c1-14(2)21-25-20-11-9-16(13-27(20)26-21)24-22(28)18-12-15(23)8-10-19(18)29-17-6-4-3-5-7-17/h3-8,10,12,14,16H,9,11,13H2,1-2H3,(H,24,28). The smallest absolute Gasteiger partial charge is 0.252 e. The molecule has 29 heavy (non-hydrogen) atoms. The molecular weight excluding hydrogens is 404 g/mol. The summed E-state index contributed by atoms with van der Waals surface area (Å²) < 4.78 is 1.93. The van der Waals surface area contributed by atoms with Crippen molar-refractivity contribution >= 4 is 29.3 Å². The molecule has 5 nitrogen and oxygen atoms in total. The Hall–Kier alpha value is -2.31. The quantitative estimate of drug-likeness (QED) is 0.627. The van der Waals surface area contributed by atoms with Crippen molar-refractivity contribution in [2.75, 3.05) is 0 Å². The summed E-state index contributed by atoms with van der Waals surface area (Å²) in [6, 6.07) is 15.5. The Balaban J connectivity index is 1.50.